The number of methoxy groups -OCH3 is 1. The zero-order chi connectivity index (χ0) is 19.9. The van der Waals surface area contributed by atoms with Crippen LogP contribution < -0.4 is 0 Å². The molecule has 1 aromatic heterocycles. The first-order valence-electron chi connectivity index (χ1n) is 10.3. The lowest BCUT2D eigenvalue weighted by Crippen LogP contribution is -2.25. The zero-order valence-corrected chi connectivity index (χ0v) is 18.3. The molecule has 0 aromatic carbocycles. The fraction of sp³-hybridized carbons (Fsp3) is 0.850. The summed E-state index contributed by atoms with van der Waals surface area (Å²) in [6.45, 7) is 7.10. The van der Waals surface area contributed by atoms with E-state index in [1.165, 1.54) is 6.42 Å². The van der Waals surface area contributed by atoms with Crippen LogP contribution in [0.5, 0.6) is 0 Å². The largest absolute Gasteiger partial charge is 0.383 e. The number of aromatic nitrogens is 2. The van der Waals surface area contributed by atoms with E-state index >= 15 is 0 Å². The van der Waals surface area contributed by atoms with Crippen molar-refractivity contribution in [2.75, 3.05) is 33.1 Å². The first kappa shape index (κ1) is 22.4. The van der Waals surface area contributed by atoms with Crippen LogP contribution in [-0.2, 0) is 27.7 Å². The Balaban J connectivity index is 2.15. The van der Waals surface area contributed by atoms with Crippen molar-refractivity contribution in [1.29, 1.82) is 0 Å². The van der Waals surface area contributed by atoms with Crippen molar-refractivity contribution in [3.63, 3.8) is 0 Å². The molecule has 0 bridgehead atoms. The number of rotatable bonds is 11. The second-order valence-corrected chi connectivity index (χ2v) is 10.3. The summed E-state index contributed by atoms with van der Waals surface area (Å²) in [6, 6.07) is 0. The van der Waals surface area contributed by atoms with Crippen molar-refractivity contribution in [1.82, 2.24) is 14.5 Å². The Morgan fingerprint density at radius 1 is 1.30 bits per heavy atom. The molecule has 7 heteroatoms. The molecule has 0 spiro atoms. The van der Waals surface area contributed by atoms with Gasteiger partial charge >= 0.3 is 0 Å². The number of hydrogen-bond acceptors (Lipinski definition) is 5. The van der Waals surface area contributed by atoms with Crippen LogP contribution in [0.3, 0.4) is 0 Å². The average Bonchev–Trinajstić information content (AvgIpc) is 3.02. The van der Waals surface area contributed by atoms with E-state index in [0.717, 1.165) is 44.3 Å². The molecular weight excluding hydrogens is 362 g/mol. The van der Waals surface area contributed by atoms with Crippen molar-refractivity contribution >= 4 is 9.84 Å². The monoisotopic (exact) mass is 399 g/mol. The van der Waals surface area contributed by atoms with Gasteiger partial charge in [-0.3, -0.25) is 0 Å². The van der Waals surface area contributed by atoms with E-state index in [4.69, 9.17) is 4.74 Å². The highest BCUT2D eigenvalue weighted by atomic mass is 32.2. The molecule has 2 rings (SSSR count). The average molecular weight is 400 g/mol. The van der Waals surface area contributed by atoms with Crippen LogP contribution in [0.1, 0.15) is 58.1 Å². The summed E-state index contributed by atoms with van der Waals surface area (Å²) in [5.74, 6) is 1.14. The highest BCUT2D eigenvalue weighted by Crippen LogP contribution is 2.27. The van der Waals surface area contributed by atoms with Crippen LogP contribution in [0.25, 0.3) is 0 Å². The summed E-state index contributed by atoms with van der Waals surface area (Å²) < 4.78 is 33.2. The number of ether oxygens (including phenoxy) is 1. The van der Waals surface area contributed by atoms with Crippen LogP contribution in [0.15, 0.2) is 11.4 Å². The molecular formula is C20H37N3O3S. The molecule has 1 fully saturated rings. The molecule has 1 aromatic rings. The first-order chi connectivity index (χ1) is 12.8. The smallest absolute Gasteiger partial charge is 0.227 e. The standard InChI is InChI=1S/C20H37N3O3S/c1-17(2)10-11-22(3)15-19-14-21-20(23(19)12-13-26-4)27(24,25)16-18-8-6-5-7-9-18/h14,17-18H,5-13,15-16H2,1-4H3. The number of imidazole rings is 1. The highest BCUT2D eigenvalue weighted by Gasteiger charge is 2.28. The highest BCUT2D eigenvalue weighted by molar-refractivity contribution is 7.91. The maximum absolute atomic E-state index is 13.1. The second kappa shape index (κ2) is 10.6. The van der Waals surface area contributed by atoms with Crippen LogP contribution in [0.4, 0.5) is 0 Å². The van der Waals surface area contributed by atoms with Crippen molar-refractivity contribution in [2.24, 2.45) is 11.8 Å². The van der Waals surface area contributed by atoms with E-state index in [1.54, 1.807) is 13.3 Å². The SMILES string of the molecule is COCCn1c(CN(C)CCC(C)C)cnc1S(=O)(=O)CC1CCCCC1. The molecule has 1 saturated carbocycles. The Morgan fingerprint density at radius 2 is 2.00 bits per heavy atom. The molecule has 1 aliphatic carbocycles. The van der Waals surface area contributed by atoms with E-state index in [1.807, 2.05) is 4.57 Å². The van der Waals surface area contributed by atoms with Gasteiger partial charge in [-0.1, -0.05) is 33.1 Å². The third-order valence-electron chi connectivity index (χ3n) is 5.40. The van der Waals surface area contributed by atoms with Crippen LogP contribution >= 0.6 is 0 Å². The van der Waals surface area contributed by atoms with Gasteiger partial charge in [0.05, 0.1) is 24.3 Å². The van der Waals surface area contributed by atoms with E-state index in [2.05, 4.69) is 30.8 Å². The molecule has 0 N–H and O–H groups in total. The van der Waals surface area contributed by atoms with Crippen molar-refractivity contribution in [2.45, 2.75) is 70.6 Å². The van der Waals surface area contributed by atoms with Crippen molar-refractivity contribution in [3.05, 3.63) is 11.9 Å². The molecule has 156 valence electrons. The third-order valence-corrected chi connectivity index (χ3v) is 7.19. The van der Waals surface area contributed by atoms with Gasteiger partial charge in [0.15, 0.2) is 0 Å². The van der Waals surface area contributed by atoms with Gasteiger partial charge in [-0.2, -0.15) is 0 Å². The molecule has 1 heterocycles. The maximum Gasteiger partial charge on any atom is 0.227 e. The summed E-state index contributed by atoms with van der Waals surface area (Å²) in [6.07, 6.45) is 8.40. The Labute approximate surface area is 165 Å². The maximum atomic E-state index is 13.1. The van der Waals surface area contributed by atoms with Gasteiger partial charge in [-0.05, 0) is 44.7 Å². The van der Waals surface area contributed by atoms with Gasteiger partial charge in [0.25, 0.3) is 0 Å². The normalized spacial score (nSPS) is 16.5. The lowest BCUT2D eigenvalue weighted by molar-refractivity contribution is 0.182. The van der Waals surface area contributed by atoms with Gasteiger partial charge in [-0.15, -0.1) is 0 Å². The Hall–Kier alpha value is -0.920. The number of sulfone groups is 1. The van der Waals surface area contributed by atoms with Crippen LogP contribution in [0.2, 0.25) is 0 Å². The quantitative estimate of drug-likeness (QED) is 0.571. The van der Waals surface area contributed by atoms with E-state index in [9.17, 15) is 8.42 Å². The Bertz CT molecular complexity index is 664. The second-order valence-electron chi connectivity index (χ2n) is 8.38. The van der Waals surface area contributed by atoms with Gasteiger partial charge in [-0.25, -0.2) is 13.4 Å². The predicted molar refractivity (Wildman–Crippen MR) is 109 cm³/mol. The molecule has 27 heavy (non-hydrogen) atoms. The van der Waals surface area contributed by atoms with E-state index < -0.39 is 9.84 Å². The minimum Gasteiger partial charge on any atom is -0.383 e. The fourth-order valence-electron chi connectivity index (χ4n) is 3.76. The topological polar surface area (TPSA) is 64.4 Å². The van der Waals surface area contributed by atoms with Gasteiger partial charge in [0.1, 0.15) is 0 Å². The third kappa shape index (κ3) is 6.88. The summed E-state index contributed by atoms with van der Waals surface area (Å²) >= 11 is 0. The van der Waals surface area contributed by atoms with Crippen LogP contribution in [0, 0.1) is 11.8 Å². The zero-order valence-electron chi connectivity index (χ0n) is 17.5. The minimum absolute atomic E-state index is 0.220. The lowest BCUT2D eigenvalue weighted by Gasteiger charge is -2.22. The molecule has 0 amide bonds. The predicted octanol–water partition coefficient (Wildman–Crippen LogP) is 3.36. The summed E-state index contributed by atoms with van der Waals surface area (Å²) in [4.78, 5) is 6.58. The molecule has 0 saturated heterocycles. The molecule has 0 aliphatic heterocycles. The lowest BCUT2D eigenvalue weighted by atomic mass is 9.91. The van der Waals surface area contributed by atoms with Crippen molar-refractivity contribution in [3.8, 4) is 0 Å². The van der Waals surface area contributed by atoms with Crippen molar-refractivity contribution < 1.29 is 13.2 Å². The summed E-state index contributed by atoms with van der Waals surface area (Å²) in [5.41, 5.74) is 0.945. The molecule has 1 aliphatic rings. The number of nitrogens with zero attached hydrogens (tertiary/aromatic N) is 3. The first-order valence-corrected chi connectivity index (χ1v) is 11.9. The number of hydrogen-bond donors (Lipinski definition) is 0. The van der Waals surface area contributed by atoms with E-state index in [0.29, 0.717) is 25.6 Å². The molecule has 0 unspecified atom stereocenters. The summed E-state index contributed by atoms with van der Waals surface area (Å²) in [7, 11) is 0.332. The Morgan fingerprint density at radius 3 is 2.63 bits per heavy atom. The van der Waals surface area contributed by atoms with Gasteiger partial charge < -0.3 is 14.2 Å². The molecule has 0 radical (unpaired) electrons. The minimum atomic E-state index is -3.38. The fourth-order valence-corrected chi connectivity index (χ4v) is 5.62. The molecule has 6 nitrogen and oxygen atoms in total. The van der Waals surface area contributed by atoms with Gasteiger partial charge in [0, 0.05) is 20.2 Å². The van der Waals surface area contributed by atoms with E-state index in [-0.39, 0.29) is 16.8 Å². The molecule has 0 atom stereocenters. The summed E-state index contributed by atoms with van der Waals surface area (Å²) in [5, 5.41) is 0.220. The van der Waals surface area contributed by atoms with Gasteiger partial charge in [0.2, 0.25) is 15.0 Å². The Kier molecular flexibility index (Phi) is 8.76. The van der Waals surface area contributed by atoms with Crippen LogP contribution in [-0.4, -0.2) is 55.9 Å².